The van der Waals surface area contributed by atoms with E-state index in [1.165, 1.54) is 62.0 Å². The van der Waals surface area contributed by atoms with E-state index in [2.05, 4.69) is 20.6 Å². The highest BCUT2D eigenvalue weighted by Gasteiger charge is 2.42. The Morgan fingerprint density at radius 2 is 1.01 bits per heavy atom. The molecule has 0 bridgehead atoms. The van der Waals surface area contributed by atoms with Crippen LogP contribution in [-0.2, 0) is 41.5 Å². The smallest absolute Gasteiger partial charge is 0.410 e. The predicted molar refractivity (Wildman–Crippen MR) is 267 cm³/mol. The lowest BCUT2D eigenvalue weighted by Gasteiger charge is -2.31. The molecule has 6 rings (SSSR count). The van der Waals surface area contributed by atoms with Crippen LogP contribution in [0.2, 0.25) is 0 Å². The van der Waals surface area contributed by atoms with Gasteiger partial charge in [-0.3, -0.25) is 29.0 Å². The van der Waals surface area contributed by atoms with Gasteiger partial charge in [0.05, 0.1) is 23.6 Å². The number of β-amino-alcohol motifs (C(OH)–C–C–N with tert-alkyl or cyclic N) is 2. The first-order valence-electron chi connectivity index (χ1n) is 24.7. The number of H-pyrrole nitrogens is 2. The van der Waals surface area contributed by atoms with Gasteiger partial charge in [0, 0.05) is 61.1 Å². The fourth-order valence-corrected chi connectivity index (χ4v) is 9.49. The zero-order valence-electron chi connectivity index (χ0n) is 43.4. The zero-order valence-corrected chi connectivity index (χ0v) is 43.4. The standard InChI is InChI=1S/C52H72F2N8O10/c1-13-39(57-45(65)27(3)59(11)49(69)71-51(5,6)7)47(67)61-25-33(63)21-31(61)23-37-35-17-15-29(53)19-41(35)55-43(37)44-38(36-18-16-30(54)20-42(36)56-44)24-32-22-34(64)26-62(32)48(68)40(14-2)58-46(66)28(4)60(12)50(70)72-52(8,9)10/h15-20,27-28,31-34,39-40,55-56,63-64H,13-14,21-26H2,1-12H3,(H,57,65)(H,58,66)/t27-,28-,31-,32-,33-,34-,39-,40-/m0/s1. The van der Waals surface area contributed by atoms with E-state index < -0.39 is 107 Å². The molecule has 2 saturated heterocycles. The number of nitrogens with one attached hydrogen (secondary N) is 4. The Morgan fingerprint density at radius 3 is 1.33 bits per heavy atom. The van der Waals surface area contributed by atoms with Crippen molar-refractivity contribution in [3.63, 3.8) is 0 Å². The van der Waals surface area contributed by atoms with Crippen molar-refractivity contribution in [2.24, 2.45) is 0 Å². The molecule has 20 heteroatoms. The summed E-state index contributed by atoms with van der Waals surface area (Å²) >= 11 is 0. The number of nitrogens with zero attached hydrogens (tertiary/aromatic N) is 4. The summed E-state index contributed by atoms with van der Waals surface area (Å²) in [5.74, 6) is -3.06. The number of hydrogen-bond acceptors (Lipinski definition) is 10. The lowest BCUT2D eigenvalue weighted by atomic mass is 9.94. The third kappa shape index (κ3) is 12.5. The number of hydrogen-bond donors (Lipinski definition) is 6. The first-order chi connectivity index (χ1) is 33.6. The molecule has 0 spiro atoms. The number of likely N-dealkylation sites (N-methyl/N-ethyl adjacent to an activating group) is 2. The first-order valence-corrected chi connectivity index (χ1v) is 24.7. The van der Waals surface area contributed by atoms with Gasteiger partial charge in [-0.25, -0.2) is 18.4 Å². The SMILES string of the molecule is CC[C@H](NC(=O)[C@H](C)N(C)C(=O)OC(C)(C)C)C(=O)N1C[C@@H](O)C[C@H]1Cc1c(-c2[nH]c3cc(F)ccc3c2C[C@@H]2C[C@H](O)CN2C(=O)[C@H](CC)NC(=O)[C@H](C)N(C)C(=O)OC(C)(C)C)[nH]c2cc(F)ccc12. The Labute approximate surface area is 419 Å². The van der Waals surface area contributed by atoms with Gasteiger partial charge < -0.3 is 50.1 Å². The molecule has 4 aromatic rings. The first kappa shape index (κ1) is 55.0. The normalized spacial score (nSPS) is 20.0. The van der Waals surface area contributed by atoms with Gasteiger partial charge in [0.15, 0.2) is 0 Å². The number of aromatic nitrogens is 2. The Kier molecular flexibility index (Phi) is 16.7. The van der Waals surface area contributed by atoms with Gasteiger partial charge in [-0.1, -0.05) is 13.8 Å². The molecule has 0 unspecified atom stereocenters. The summed E-state index contributed by atoms with van der Waals surface area (Å²) in [6.45, 7) is 16.7. The average Bonchev–Trinajstić information content (AvgIpc) is 4.06. The van der Waals surface area contributed by atoms with Crippen LogP contribution in [0.15, 0.2) is 36.4 Å². The molecule has 0 aliphatic carbocycles. The van der Waals surface area contributed by atoms with Gasteiger partial charge in [0.1, 0.15) is 47.0 Å². The number of ether oxygens (including phenoxy) is 2. The molecule has 0 saturated carbocycles. The number of aromatic amines is 2. The van der Waals surface area contributed by atoms with E-state index in [1.807, 2.05) is 0 Å². The van der Waals surface area contributed by atoms with Crippen LogP contribution in [0, 0.1) is 11.6 Å². The van der Waals surface area contributed by atoms with Crippen LogP contribution in [0.4, 0.5) is 18.4 Å². The summed E-state index contributed by atoms with van der Waals surface area (Å²) in [7, 11) is 2.87. The van der Waals surface area contributed by atoms with E-state index in [4.69, 9.17) is 9.47 Å². The second-order valence-electron chi connectivity index (χ2n) is 21.3. The van der Waals surface area contributed by atoms with Crippen molar-refractivity contribution >= 4 is 57.6 Å². The third-order valence-electron chi connectivity index (χ3n) is 13.5. The minimum Gasteiger partial charge on any atom is -0.444 e. The minimum atomic E-state index is -1.01. The van der Waals surface area contributed by atoms with E-state index in [1.54, 1.807) is 67.5 Å². The largest absolute Gasteiger partial charge is 0.444 e. The number of fused-ring (bicyclic) bond motifs is 2. The van der Waals surface area contributed by atoms with Gasteiger partial charge in [-0.2, -0.15) is 0 Å². The maximum atomic E-state index is 15.0. The fraction of sp³-hybridized carbons (Fsp3) is 0.577. The second-order valence-corrected chi connectivity index (χ2v) is 21.3. The van der Waals surface area contributed by atoms with Crippen molar-refractivity contribution < 1.29 is 57.2 Å². The van der Waals surface area contributed by atoms with Crippen LogP contribution < -0.4 is 10.6 Å². The van der Waals surface area contributed by atoms with Crippen molar-refractivity contribution in [1.29, 1.82) is 0 Å². The number of aliphatic hydroxyl groups excluding tert-OH is 2. The Hall–Kier alpha value is -6.28. The average molecular weight is 1010 g/mol. The van der Waals surface area contributed by atoms with Crippen molar-refractivity contribution in [3.8, 4) is 11.4 Å². The van der Waals surface area contributed by atoms with E-state index in [0.717, 1.165) is 9.80 Å². The van der Waals surface area contributed by atoms with Crippen molar-refractivity contribution in [2.45, 2.75) is 167 Å². The maximum absolute atomic E-state index is 15.0. The van der Waals surface area contributed by atoms with E-state index in [0.29, 0.717) is 44.3 Å². The summed E-state index contributed by atoms with van der Waals surface area (Å²) in [5, 5.41) is 29.1. The van der Waals surface area contributed by atoms with Gasteiger partial charge in [-0.05, 0) is 141 Å². The molecule has 18 nitrogen and oxygen atoms in total. The van der Waals surface area contributed by atoms with E-state index in [-0.39, 0.29) is 51.6 Å². The van der Waals surface area contributed by atoms with Crippen LogP contribution in [0.3, 0.4) is 0 Å². The van der Waals surface area contributed by atoms with Crippen LogP contribution in [0.5, 0.6) is 0 Å². The molecule has 72 heavy (non-hydrogen) atoms. The quantitative estimate of drug-likeness (QED) is 0.0826. The van der Waals surface area contributed by atoms with Crippen molar-refractivity contribution in [1.82, 2.24) is 40.2 Å². The van der Waals surface area contributed by atoms with Gasteiger partial charge in [0.2, 0.25) is 23.6 Å². The Bertz CT molecular complexity index is 2490. The molecule has 2 aromatic heterocycles. The summed E-state index contributed by atoms with van der Waals surface area (Å²) in [5.41, 5.74) is 1.55. The zero-order chi connectivity index (χ0) is 53.3. The summed E-state index contributed by atoms with van der Waals surface area (Å²) < 4.78 is 40.9. The third-order valence-corrected chi connectivity index (χ3v) is 13.5. The number of rotatable bonds is 15. The van der Waals surface area contributed by atoms with Crippen LogP contribution in [-0.4, -0.2) is 162 Å². The van der Waals surface area contributed by atoms with Crippen molar-refractivity contribution in [2.75, 3.05) is 27.2 Å². The minimum absolute atomic E-state index is 0.0289. The molecule has 2 aromatic carbocycles. The number of amides is 6. The molecule has 394 valence electrons. The molecule has 0 radical (unpaired) electrons. The summed E-state index contributed by atoms with van der Waals surface area (Å²) in [4.78, 5) is 93.7. The van der Waals surface area contributed by atoms with Crippen LogP contribution >= 0.6 is 0 Å². The van der Waals surface area contributed by atoms with Crippen molar-refractivity contribution in [3.05, 3.63) is 59.2 Å². The molecular weight excluding hydrogens is 935 g/mol. The molecule has 4 heterocycles. The maximum Gasteiger partial charge on any atom is 0.410 e. The topological polar surface area (TPSA) is 230 Å². The molecule has 6 amide bonds. The van der Waals surface area contributed by atoms with Gasteiger partial charge in [-0.15, -0.1) is 0 Å². The molecule has 2 aliphatic heterocycles. The lowest BCUT2D eigenvalue weighted by molar-refractivity contribution is -0.138. The second kappa shape index (κ2) is 21.8. The van der Waals surface area contributed by atoms with Gasteiger partial charge in [0.25, 0.3) is 0 Å². The number of carbonyl (C=O) groups is 6. The number of benzene rings is 2. The molecule has 8 atom stereocenters. The number of likely N-dealkylation sites (tertiary alicyclic amines) is 2. The van der Waals surface area contributed by atoms with Crippen LogP contribution in [0.1, 0.15) is 106 Å². The summed E-state index contributed by atoms with van der Waals surface area (Å²) in [6, 6.07) is 3.33. The highest BCUT2D eigenvalue weighted by atomic mass is 19.1. The molecular formula is C52H72F2N8O10. The van der Waals surface area contributed by atoms with Gasteiger partial charge >= 0.3 is 12.2 Å². The molecule has 6 N–H and O–H groups in total. The Balaban J connectivity index is 1.31. The van der Waals surface area contributed by atoms with E-state index >= 15 is 0 Å². The lowest BCUT2D eigenvalue weighted by Crippen LogP contribution is -2.55. The molecule has 2 aliphatic rings. The summed E-state index contributed by atoms with van der Waals surface area (Å²) in [6.07, 6.45) is -2.18. The number of aliphatic hydroxyl groups is 2. The highest BCUT2D eigenvalue weighted by molar-refractivity contribution is 5.97. The molecule has 2 fully saturated rings. The highest BCUT2D eigenvalue weighted by Crippen LogP contribution is 2.40. The predicted octanol–water partition coefficient (Wildman–Crippen LogP) is 5.90. The number of halogens is 2. The number of carbonyl (C=O) groups excluding carboxylic acids is 6. The Morgan fingerprint density at radius 1 is 0.667 bits per heavy atom. The van der Waals surface area contributed by atoms with Crippen LogP contribution in [0.25, 0.3) is 33.2 Å². The fourth-order valence-electron chi connectivity index (χ4n) is 9.49. The van der Waals surface area contributed by atoms with E-state index in [9.17, 15) is 47.8 Å². The monoisotopic (exact) mass is 1010 g/mol.